The molecule has 248 valence electrons. The van der Waals surface area contributed by atoms with Crippen LogP contribution in [0.4, 0.5) is 0 Å². The second kappa shape index (κ2) is 18.8. The van der Waals surface area contributed by atoms with E-state index in [4.69, 9.17) is 14.2 Å². The van der Waals surface area contributed by atoms with E-state index in [1.54, 1.807) is 0 Å². The highest BCUT2D eigenvalue weighted by molar-refractivity contribution is 5.79. The van der Waals surface area contributed by atoms with Crippen LogP contribution in [0.25, 0.3) is 0 Å². The van der Waals surface area contributed by atoms with Crippen molar-refractivity contribution in [2.75, 3.05) is 19.8 Å². The van der Waals surface area contributed by atoms with Gasteiger partial charge in [-0.05, 0) is 44.4 Å². The van der Waals surface area contributed by atoms with Crippen LogP contribution in [0.3, 0.4) is 0 Å². The Morgan fingerprint density at radius 1 is 0.465 bits per heavy atom. The van der Waals surface area contributed by atoms with Crippen molar-refractivity contribution in [2.45, 2.75) is 192 Å². The van der Waals surface area contributed by atoms with Crippen LogP contribution in [0, 0.1) is 5.92 Å². The summed E-state index contributed by atoms with van der Waals surface area (Å²) in [5, 5.41) is 0. The molecule has 0 N–H and O–H groups in total. The lowest BCUT2D eigenvalue weighted by Crippen LogP contribution is -2.68. The van der Waals surface area contributed by atoms with Gasteiger partial charge in [0.15, 0.2) is 0 Å². The number of carbonyl (C=O) groups is 3. The summed E-state index contributed by atoms with van der Waals surface area (Å²) in [7, 11) is 0. The summed E-state index contributed by atoms with van der Waals surface area (Å²) in [4.78, 5) is 37.7. The van der Waals surface area contributed by atoms with Gasteiger partial charge in [-0.25, -0.2) is 0 Å². The van der Waals surface area contributed by atoms with Crippen molar-refractivity contribution in [3.63, 3.8) is 0 Å². The van der Waals surface area contributed by atoms with E-state index in [1.807, 2.05) is 0 Å². The lowest BCUT2D eigenvalue weighted by Gasteiger charge is -2.65. The molecular formula is C37H64O6. The summed E-state index contributed by atoms with van der Waals surface area (Å²) in [6.45, 7) is 7.93. The van der Waals surface area contributed by atoms with Gasteiger partial charge in [0, 0.05) is 57.8 Å². The highest BCUT2D eigenvalue weighted by Gasteiger charge is 2.65. The van der Waals surface area contributed by atoms with Crippen LogP contribution < -0.4 is 0 Å². The topological polar surface area (TPSA) is 78.9 Å². The van der Waals surface area contributed by atoms with Gasteiger partial charge in [0.25, 0.3) is 0 Å². The lowest BCUT2D eigenvalue weighted by atomic mass is 9.50. The smallest absolute Gasteiger partial charge is 0.135 e. The average molecular weight is 605 g/mol. The normalized spacial score (nSPS) is 27.6. The molecule has 4 aliphatic rings. The molecule has 43 heavy (non-hydrogen) atoms. The van der Waals surface area contributed by atoms with E-state index in [1.165, 1.54) is 38.5 Å². The highest BCUT2D eigenvalue weighted by Crippen LogP contribution is 2.63. The summed E-state index contributed by atoms with van der Waals surface area (Å²) in [6.07, 6.45) is 22.1. The van der Waals surface area contributed by atoms with Crippen molar-refractivity contribution in [1.29, 1.82) is 0 Å². The fourth-order valence-corrected chi connectivity index (χ4v) is 8.43. The van der Waals surface area contributed by atoms with E-state index in [0.29, 0.717) is 81.6 Å². The molecule has 4 bridgehead atoms. The van der Waals surface area contributed by atoms with E-state index < -0.39 is 0 Å². The standard InChI is InChI=1S/C37H64O6/c1-4-7-10-13-16-32(38)19-22-41-35-25-31-26-36(28-35,42-23-20-33(39)17-14-11-8-5-2)30-37(27-31,29-35)43-24-21-34(40)18-15-12-9-6-3/h31H,4-30H2,1-3H3. The van der Waals surface area contributed by atoms with Gasteiger partial charge in [-0.3, -0.25) is 14.4 Å². The monoisotopic (exact) mass is 604 g/mol. The van der Waals surface area contributed by atoms with Crippen molar-refractivity contribution in [3.8, 4) is 0 Å². The number of Topliss-reactive ketones (excluding diaryl/α,β-unsaturated/α-hetero) is 3. The zero-order valence-corrected chi connectivity index (χ0v) is 28.1. The summed E-state index contributed by atoms with van der Waals surface area (Å²) < 4.78 is 20.0. The number of hydrogen-bond donors (Lipinski definition) is 0. The van der Waals surface area contributed by atoms with Gasteiger partial charge in [-0.15, -0.1) is 0 Å². The largest absolute Gasteiger partial charge is 0.374 e. The van der Waals surface area contributed by atoms with Gasteiger partial charge >= 0.3 is 0 Å². The van der Waals surface area contributed by atoms with Gasteiger partial charge in [0.1, 0.15) is 17.3 Å². The zero-order valence-electron chi connectivity index (χ0n) is 28.1. The molecule has 0 unspecified atom stereocenters. The van der Waals surface area contributed by atoms with Crippen LogP contribution in [-0.2, 0) is 28.6 Å². The first-order chi connectivity index (χ1) is 20.8. The lowest BCUT2D eigenvalue weighted by molar-refractivity contribution is -0.290. The number of unbranched alkanes of at least 4 members (excludes halogenated alkanes) is 9. The van der Waals surface area contributed by atoms with E-state index in [0.717, 1.165) is 77.0 Å². The maximum Gasteiger partial charge on any atom is 0.135 e. The molecule has 0 aliphatic heterocycles. The Morgan fingerprint density at radius 3 is 1.05 bits per heavy atom. The van der Waals surface area contributed by atoms with Crippen molar-refractivity contribution in [1.82, 2.24) is 0 Å². The molecule has 6 heteroatoms. The summed E-state index contributed by atoms with van der Waals surface area (Å²) >= 11 is 0. The molecule has 6 nitrogen and oxygen atoms in total. The third kappa shape index (κ3) is 12.3. The molecule has 4 rings (SSSR count). The van der Waals surface area contributed by atoms with Crippen molar-refractivity contribution < 1.29 is 28.6 Å². The first-order valence-corrected chi connectivity index (χ1v) is 18.2. The second-order valence-electron chi connectivity index (χ2n) is 14.4. The Bertz CT molecular complexity index is 735. The van der Waals surface area contributed by atoms with Crippen LogP contribution in [0.1, 0.15) is 175 Å². The molecule has 4 saturated carbocycles. The number of ether oxygens (including phenoxy) is 3. The van der Waals surface area contributed by atoms with Crippen LogP contribution in [0.15, 0.2) is 0 Å². The molecule has 0 aromatic rings. The average Bonchev–Trinajstić information content (AvgIpc) is 2.95. The number of rotatable bonds is 27. The summed E-state index contributed by atoms with van der Waals surface area (Å²) in [6, 6.07) is 0. The molecule has 0 heterocycles. The van der Waals surface area contributed by atoms with E-state index in [9.17, 15) is 14.4 Å². The maximum absolute atomic E-state index is 12.6. The molecular weight excluding hydrogens is 540 g/mol. The SMILES string of the molecule is CCCCCCC(=O)CCOC12CC3CC(OCCC(=O)CCCCCC)(C1)CC(OCCC(=O)CCCCCC)(C3)C2. The Kier molecular flexibility index (Phi) is 15.9. The Hall–Kier alpha value is -1.11. The third-order valence-electron chi connectivity index (χ3n) is 10.2. The number of carbonyl (C=O) groups excluding carboxylic acids is 3. The molecule has 0 amide bonds. The Morgan fingerprint density at radius 2 is 0.767 bits per heavy atom. The van der Waals surface area contributed by atoms with Crippen LogP contribution in [-0.4, -0.2) is 54.0 Å². The fraction of sp³-hybridized carbons (Fsp3) is 0.919. The molecule has 0 spiro atoms. The molecule has 0 saturated heterocycles. The number of hydrogen-bond acceptors (Lipinski definition) is 6. The van der Waals surface area contributed by atoms with Crippen molar-refractivity contribution >= 4 is 17.3 Å². The van der Waals surface area contributed by atoms with Gasteiger partial charge in [0.05, 0.1) is 36.6 Å². The van der Waals surface area contributed by atoms with Crippen molar-refractivity contribution in [3.05, 3.63) is 0 Å². The molecule has 0 radical (unpaired) electrons. The quantitative estimate of drug-likeness (QED) is 0.0871. The zero-order chi connectivity index (χ0) is 31.0. The first-order valence-electron chi connectivity index (χ1n) is 18.2. The minimum Gasteiger partial charge on any atom is -0.374 e. The highest BCUT2D eigenvalue weighted by atomic mass is 16.5. The predicted octanol–water partition coefficient (Wildman–Crippen LogP) is 9.04. The van der Waals surface area contributed by atoms with Gasteiger partial charge < -0.3 is 14.2 Å². The molecule has 4 aliphatic carbocycles. The fourth-order valence-electron chi connectivity index (χ4n) is 8.43. The number of ketones is 3. The third-order valence-corrected chi connectivity index (χ3v) is 10.2. The second-order valence-corrected chi connectivity index (χ2v) is 14.4. The van der Waals surface area contributed by atoms with Crippen LogP contribution in [0.5, 0.6) is 0 Å². The van der Waals surface area contributed by atoms with Gasteiger partial charge in [-0.1, -0.05) is 78.6 Å². The minimum atomic E-state index is -0.351. The molecule has 4 fully saturated rings. The van der Waals surface area contributed by atoms with Crippen LogP contribution in [0.2, 0.25) is 0 Å². The molecule has 0 aromatic carbocycles. The summed E-state index contributed by atoms with van der Waals surface area (Å²) in [5.74, 6) is 1.34. The van der Waals surface area contributed by atoms with E-state index in [2.05, 4.69) is 20.8 Å². The molecule has 0 atom stereocenters. The van der Waals surface area contributed by atoms with E-state index >= 15 is 0 Å². The maximum atomic E-state index is 12.6. The van der Waals surface area contributed by atoms with Crippen molar-refractivity contribution in [2.24, 2.45) is 5.92 Å². The van der Waals surface area contributed by atoms with E-state index in [-0.39, 0.29) is 16.8 Å². The predicted molar refractivity (Wildman–Crippen MR) is 172 cm³/mol. The minimum absolute atomic E-state index is 0.299. The Labute approximate surface area is 263 Å². The summed E-state index contributed by atoms with van der Waals surface area (Å²) in [5.41, 5.74) is -1.05. The van der Waals surface area contributed by atoms with Crippen LogP contribution >= 0.6 is 0 Å². The van der Waals surface area contributed by atoms with Gasteiger partial charge in [0.2, 0.25) is 0 Å². The first kappa shape index (κ1) is 36.4. The Balaban J connectivity index is 1.58. The van der Waals surface area contributed by atoms with Gasteiger partial charge in [-0.2, -0.15) is 0 Å². The molecule has 0 aromatic heterocycles.